The highest BCUT2D eigenvalue weighted by molar-refractivity contribution is 7.89. The van der Waals surface area contributed by atoms with Gasteiger partial charge in [-0.15, -0.1) is 0 Å². The van der Waals surface area contributed by atoms with Crippen molar-refractivity contribution in [3.8, 4) is 0 Å². The van der Waals surface area contributed by atoms with E-state index >= 15 is 0 Å². The van der Waals surface area contributed by atoms with Gasteiger partial charge in [-0.25, -0.2) is 13.1 Å². The molecule has 0 spiro atoms. The molecule has 1 aliphatic rings. The molecular weight excluding hydrogens is 340 g/mol. The number of likely N-dealkylation sites (tertiary alicyclic amines) is 1. The lowest BCUT2D eigenvalue weighted by Gasteiger charge is -2.22. The molecule has 0 radical (unpaired) electrons. The van der Waals surface area contributed by atoms with Gasteiger partial charge >= 0.3 is 0 Å². The summed E-state index contributed by atoms with van der Waals surface area (Å²) in [5.74, 6) is 0.538. The zero-order valence-electron chi connectivity index (χ0n) is 15.2. The molecule has 1 unspecified atom stereocenters. The van der Waals surface area contributed by atoms with E-state index in [1.807, 2.05) is 11.8 Å². The summed E-state index contributed by atoms with van der Waals surface area (Å²) in [5, 5.41) is 0. The zero-order valence-corrected chi connectivity index (χ0v) is 16.1. The predicted octanol–water partition coefficient (Wildman–Crippen LogP) is 2.18. The summed E-state index contributed by atoms with van der Waals surface area (Å²) in [5.41, 5.74) is 1.25. The average molecular weight is 368 g/mol. The number of amides is 1. The lowest BCUT2D eigenvalue weighted by Crippen LogP contribution is -2.33. The van der Waals surface area contributed by atoms with Gasteiger partial charge in [-0.3, -0.25) is 4.79 Å². The Bertz CT molecular complexity index is 703. The minimum atomic E-state index is -3.65. The van der Waals surface area contributed by atoms with Crippen molar-refractivity contribution in [1.29, 1.82) is 0 Å². The molecule has 1 aromatic rings. The second-order valence-corrected chi connectivity index (χ2v) is 8.46. The van der Waals surface area contributed by atoms with Crippen LogP contribution < -0.4 is 4.72 Å². The number of nitrogens with zero attached hydrogens (tertiary/aromatic N) is 1. The highest BCUT2D eigenvalue weighted by atomic mass is 32.2. The smallest absolute Gasteiger partial charge is 0.254 e. The van der Waals surface area contributed by atoms with E-state index in [2.05, 4.69) is 11.6 Å². The summed E-state index contributed by atoms with van der Waals surface area (Å²) in [6, 6.07) is 4.71. The van der Waals surface area contributed by atoms with Gasteiger partial charge in [-0.1, -0.05) is 13.0 Å². The van der Waals surface area contributed by atoms with Crippen LogP contribution in [0.2, 0.25) is 0 Å². The molecule has 1 aromatic carbocycles. The van der Waals surface area contributed by atoms with E-state index in [0.29, 0.717) is 18.1 Å². The van der Waals surface area contributed by atoms with Crippen LogP contribution in [0.15, 0.2) is 23.1 Å². The molecule has 7 heteroatoms. The summed E-state index contributed by atoms with van der Waals surface area (Å²) in [4.78, 5) is 14.9. The third-order valence-electron chi connectivity index (χ3n) is 4.65. The van der Waals surface area contributed by atoms with Crippen molar-refractivity contribution in [3.05, 3.63) is 29.3 Å². The summed E-state index contributed by atoms with van der Waals surface area (Å²) >= 11 is 0. The van der Waals surface area contributed by atoms with Gasteiger partial charge in [-0.2, -0.15) is 0 Å². The van der Waals surface area contributed by atoms with Gasteiger partial charge in [-0.05, 0) is 49.8 Å². The van der Waals surface area contributed by atoms with Crippen molar-refractivity contribution in [2.45, 2.75) is 38.0 Å². The van der Waals surface area contributed by atoms with E-state index in [0.717, 1.165) is 37.9 Å². The summed E-state index contributed by atoms with van der Waals surface area (Å²) < 4.78 is 32.1. The third kappa shape index (κ3) is 5.26. The summed E-state index contributed by atoms with van der Waals surface area (Å²) in [6.45, 7) is 5.98. The zero-order chi connectivity index (χ0) is 18.4. The van der Waals surface area contributed by atoms with Crippen LogP contribution in [0.3, 0.4) is 0 Å². The number of carbonyl (C=O) groups excluding carboxylic acids is 1. The SMILES string of the molecule is COCCNS(=O)(=O)c1ccc(C)c(C(=O)N2CCCC(C)CC2)c1. The molecule has 0 saturated carbocycles. The Morgan fingerprint density at radius 3 is 2.80 bits per heavy atom. The number of hydrogen-bond donors (Lipinski definition) is 1. The maximum Gasteiger partial charge on any atom is 0.254 e. The molecule has 1 heterocycles. The first kappa shape index (κ1) is 19.9. The molecule has 1 aliphatic heterocycles. The number of ether oxygens (including phenoxy) is 1. The molecule has 2 rings (SSSR count). The Morgan fingerprint density at radius 1 is 1.32 bits per heavy atom. The number of methoxy groups -OCH3 is 1. The summed E-state index contributed by atoms with van der Waals surface area (Å²) in [7, 11) is -2.14. The molecule has 25 heavy (non-hydrogen) atoms. The van der Waals surface area contributed by atoms with Crippen LogP contribution in [0, 0.1) is 12.8 Å². The Hall–Kier alpha value is -1.44. The van der Waals surface area contributed by atoms with Gasteiger partial charge < -0.3 is 9.64 Å². The van der Waals surface area contributed by atoms with E-state index in [1.165, 1.54) is 19.2 Å². The van der Waals surface area contributed by atoms with Gasteiger partial charge in [0.2, 0.25) is 10.0 Å². The fourth-order valence-corrected chi connectivity index (χ4v) is 4.04. The van der Waals surface area contributed by atoms with E-state index in [9.17, 15) is 13.2 Å². The standard InChI is InChI=1S/C18H28N2O4S/c1-14-5-4-10-20(11-8-14)18(21)17-13-16(7-6-15(17)2)25(22,23)19-9-12-24-3/h6-7,13-14,19H,4-5,8-12H2,1-3H3. The molecule has 0 aromatic heterocycles. The van der Waals surface area contributed by atoms with Crippen LogP contribution in [0.25, 0.3) is 0 Å². The van der Waals surface area contributed by atoms with Crippen molar-refractivity contribution < 1.29 is 17.9 Å². The van der Waals surface area contributed by atoms with Crippen LogP contribution in [-0.4, -0.2) is 52.6 Å². The Morgan fingerprint density at radius 2 is 2.08 bits per heavy atom. The van der Waals surface area contributed by atoms with Crippen molar-refractivity contribution >= 4 is 15.9 Å². The maximum atomic E-state index is 12.9. The number of rotatable bonds is 6. The van der Waals surface area contributed by atoms with Gasteiger partial charge in [0.05, 0.1) is 11.5 Å². The van der Waals surface area contributed by atoms with Gasteiger partial charge in [0.25, 0.3) is 5.91 Å². The predicted molar refractivity (Wildman–Crippen MR) is 97.2 cm³/mol. The van der Waals surface area contributed by atoms with E-state index in [1.54, 1.807) is 6.07 Å². The number of nitrogens with one attached hydrogen (secondary N) is 1. The van der Waals surface area contributed by atoms with Crippen LogP contribution in [-0.2, 0) is 14.8 Å². The highest BCUT2D eigenvalue weighted by Gasteiger charge is 2.23. The van der Waals surface area contributed by atoms with Crippen LogP contribution in [0.4, 0.5) is 0 Å². The fraction of sp³-hybridized carbons (Fsp3) is 0.611. The third-order valence-corrected chi connectivity index (χ3v) is 6.11. The van der Waals surface area contributed by atoms with Crippen LogP contribution in [0.1, 0.15) is 42.1 Å². The van der Waals surface area contributed by atoms with E-state index < -0.39 is 10.0 Å². The topological polar surface area (TPSA) is 75.7 Å². The first-order valence-corrected chi connectivity index (χ1v) is 10.2. The second-order valence-electron chi connectivity index (χ2n) is 6.70. The fourth-order valence-electron chi connectivity index (χ4n) is 3.00. The Balaban J connectivity index is 2.22. The highest BCUT2D eigenvalue weighted by Crippen LogP contribution is 2.21. The summed E-state index contributed by atoms with van der Waals surface area (Å²) in [6.07, 6.45) is 3.10. The van der Waals surface area contributed by atoms with Crippen molar-refractivity contribution in [2.24, 2.45) is 5.92 Å². The van der Waals surface area contributed by atoms with Gasteiger partial charge in [0.15, 0.2) is 0 Å². The van der Waals surface area contributed by atoms with E-state index in [4.69, 9.17) is 4.74 Å². The number of sulfonamides is 1. The molecule has 0 aliphatic carbocycles. The maximum absolute atomic E-state index is 12.9. The number of aryl methyl sites for hydroxylation is 1. The Kier molecular flexibility index (Phi) is 6.98. The molecule has 1 N–H and O–H groups in total. The lowest BCUT2D eigenvalue weighted by molar-refractivity contribution is 0.0759. The van der Waals surface area contributed by atoms with E-state index in [-0.39, 0.29) is 17.3 Å². The first-order chi connectivity index (χ1) is 11.8. The van der Waals surface area contributed by atoms with Crippen molar-refractivity contribution in [1.82, 2.24) is 9.62 Å². The van der Waals surface area contributed by atoms with Crippen LogP contribution >= 0.6 is 0 Å². The minimum Gasteiger partial charge on any atom is -0.383 e. The van der Waals surface area contributed by atoms with Crippen LogP contribution in [0.5, 0.6) is 0 Å². The lowest BCUT2D eigenvalue weighted by atomic mass is 10.0. The molecule has 1 fully saturated rings. The number of carbonyl (C=O) groups is 1. The monoisotopic (exact) mass is 368 g/mol. The molecule has 140 valence electrons. The normalized spacial score (nSPS) is 18.8. The molecule has 1 amide bonds. The van der Waals surface area contributed by atoms with Crippen molar-refractivity contribution in [3.63, 3.8) is 0 Å². The molecule has 1 saturated heterocycles. The molecule has 0 bridgehead atoms. The largest absolute Gasteiger partial charge is 0.383 e. The molecule has 1 atom stereocenters. The first-order valence-electron chi connectivity index (χ1n) is 8.73. The average Bonchev–Trinajstić information content (AvgIpc) is 2.79. The second kappa shape index (κ2) is 8.78. The number of benzene rings is 1. The Labute approximate surface area is 150 Å². The number of hydrogen-bond acceptors (Lipinski definition) is 4. The molecule has 6 nitrogen and oxygen atoms in total. The molecular formula is C18H28N2O4S. The van der Waals surface area contributed by atoms with Gasteiger partial charge in [0.1, 0.15) is 0 Å². The quantitative estimate of drug-likeness (QED) is 0.781. The minimum absolute atomic E-state index is 0.0828. The van der Waals surface area contributed by atoms with Crippen molar-refractivity contribution in [2.75, 3.05) is 33.4 Å². The van der Waals surface area contributed by atoms with Gasteiger partial charge in [0, 0.05) is 32.3 Å².